The van der Waals surface area contributed by atoms with Crippen LogP contribution in [-0.2, 0) is 81.5 Å². The highest BCUT2D eigenvalue weighted by Gasteiger charge is 2.26. The lowest BCUT2D eigenvalue weighted by molar-refractivity contribution is -0.136. The van der Waals surface area contributed by atoms with Crippen molar-refractivity contribution >= 4 is 87.0 Å². The Hall–Kier alpha value is -9.51. The van der Waals surface area contributed by atoms with Crippen LogP contribution in [0.25, 0.3) is 0 Å². The number of hydrogen-bond acceptors (Lipinski definition) is 21. The molecule has 3 aromatic heterocycles. The van der Waals surface area contributed by atoms with E-state index in [2.05, 4.69) is 170 Å². The third kappa shape index (κ3) is 27.3. The molecule has 6 heterocycles. The van der Waals surface area contributed by atoms with Gasteiger partial charge in [0.1, 0.15) is 17.5 Å². The summed E-state index contributed by atoms with van der Waals surface area (Å²) >= 11 is 0. The molecule has 27 heteroatoms. The Kier molecular flexibility index (Phi) is 35.0. The van der Waals surface area contributed by atoms with E-state index in [0.29, 0.717) is 73.4 Å². The third-order valence-corrected chi connectivity index (χ3v) is 20.7. The van der Waals surface area contributed by atoms with Gasteiger partial charge in [0.05, 0.1) is 54.0 Å². The first-order valence-electron chi connectivity index (χ1n) is 38.1. The molecule has 0 bridgehead atoms. The summed E-state index contributed by atoms with van der Waals surface area (Å²) in [4.78, 5) is 100. The van der Waals surface area contributed by atoms with Gasteiger partial charge in [-0.2, -0.15) is 0 Å². The van der Waals surface area contributed by atoms with Crippen molar-refractivity contribution in [2.75, 3.05) is 188 Å². The molecule has 6 atom stereocenters. The molecular formula is C81H120N18O9. The molecule has 108 heavy (non-hydrogen) atoms. The number of likely N-dealkylation sites (N-methyl/N-ethyl adjacent to an activating group) is 3. The summed E-state index contributed by atoms with van der Waals surface area (Å²) in [6, 6.07) is 31.5. The number of methoxy groups -OCH3 is 3. The second kappa shape index (κ2) is 44.1. The fraction of sp³-hybridized carbons (Fsp3) is 0.519. The van der Waals surface area contributed by atoms with Crippen LogP contribution >= 0.6 is 0 Å². The van der Waals surface area contributed by atoms with Crippen molar-refractivity contribution in [3.05, 3.63) is 143 Å². The van der Waals surface area contributed by atoms with Crippen molar-refractivity contribution in [1.29, 1.82) is 0 Å². The molecule has 0 radical (unpaired) electrons. The van der Waals surface area contributed by atoms with Gasteiger partial charge in [-0.3, -0.25) is 28.8 Å². The van der Waals surface area contributed by atoms with Gasteiger partial charge in [-0.05, 0) is 185 Å². The molecule has 6 aromatic rings. The molecule has 3 aliphatic heterocycles. The number of piperazine rings is 3. The molecule has 3 saturated heterocycles. The number of carbonyl (C=O) groups excluding carboxylic acids is 6. The van der Waals surface area contributed by atoms with Gasteiger partial charge in [0.15, 0.2) is 0 Å². The highest BCUT2D eigenvalue weighted by Crippen LogP contribution is 2.25. The Morgan fingerprint density at radius 1 is 0.380 bits per heavy atom. The Bertz CT molecular complexity index is 3400. The Morgan fingerprint density at radius 2 is 0.611 bits per heavy atom. The number of nitrogens with one attached hydrogen (secondary N) is 6. The van der Waals surface area contributed by atoms with Crippen LogP contribution in [0.4, 0.5) is 51.6 Å². The molecule has 0 aliphatic carbocycles. The zero-order valence-electron chi connectivity index (χ0n) is 65.8. The van der Waals surface area contributed by atoms with Gasteiger partial charge in [0, 0.05) is 137 Å². The summed E-state index contributed by atoms with van der Waals surface area (Å²) in [7, 11) is 11.5. The van der Waals surface area contributed by atoms with Gasteiger partial charge in [-0.15, -0.1) is 0 Å². The van der Waals surface area contributed by atoms with Crippen LogP contribution < -0.4 is 63.8 Å². The zero-order valence-corrected chi connectivity index (χ0v) is 65.8. The maximum atomic E-state index is 12.3. The number of pyridine rings is 3. The highest BCUT2D eigenvalue weighted by atomic mass is 16.5. The summed E-state index contributed by atoms with van der Waals surface area (Å²) in [6.07, 6.45) is 11.4. The van der Waals surface area contributed by atoms with Gasteiger partial charge < -0.3 is 92.7 Å². The molecule has 3 aromatic carbocycles. The molecule has 0 unspecified atom stereocenters. The molecular weight excluding hydrogens is 1370 g/mol. The average Bonchev–Trinajstić information content (AvgIpc) is 0.848. The maximum absolute atomic E-state index is 12.3. The van der Waals surface area contributed by atoms with Gasteiger partial charge in [0.2, 0.25) is 0 Å². The zero-order chi connectivity index (χ0) is 78.2. The minimum atomic E-state index is -0.731. The summed E-state index contributed by atoms with van der Waals surface area (Å²) in [5.74, 6) is -2.87. The predicted molar refractivity (Wildman–Crippen MR) is 432 cm³/mol. The number of nitrogens with zero attached hydrogens (tertiary/aromatic N) is 9. The number of amides is 6. The molecule has 12 N–H and O–H groups in total. The van der Waals surface area contributed by atoms with Crippen molar-refractivity contribution in [3.63, 3.8) is 0 Å². The lowest BCUT2D eigenvalue weighted by Gasteiger charge is -2.34. The molecule has 0 spiro atoms. The van der Waals surface area contributed by atoms with Gasteiger partial charge >= 0.3 is 35.4 Å². The monoisotopic (exact) mass is 1490 g/mol. The van der Waals surface area contributed by atoms with Crippen LogP contribution in [0.1, 0.15) is 94.2 Å². The number of aromatic nitrogens is 3. The topological polar surface area (TPSA) is 338 Å². The van der Waals surface area contributed by atoms with Crippen LogP contribution in [0.5, 0.6) is 0 Å². The van der Waals surface area contributed by atoms with Crippen molar-refractivity contribution in [3.8, 4) is 0 Å². The predicted octanol–water partition coefficient (Wildman–Crippen LogP) is 6.95. The van der Waals surface area contributed by atoms with Crippen LogP contribution in [-0.4, -0.2) is 224 Å². The SMILES string of the molecule is CCc1cc(NC(=O)C(=O)NC[C@@H](C)[C@H](CCc2ccc(N3CCN(C)CC3)cc2)OC)cnc1N.CCc1cc(NC(=O)C(=O)NC[C@H](C)[C@@H](CCc2ccc(N3CCN(C)CC3)cc2)OC)cnc1N.CCc1cc(NC(=O)C(=O)NC[C@H](C)[C@H](CCc2ccc(N3CCN(C)CC3)cc2)OC)cnc1N. The first-order valence-corrected chi connectivity index (χ1v) is 38.1. The number of benzene rings is 3. The van der Waals surface area contributed by atoms with Crippen LogP contribution in [0.3, 0.4) is 0 Å². The van der Waals surface area contributed by atoms with Gasteiger partial charge in [0.25, 0.3) is 0 Å². The smallest absolute Gasteiger partial charge is 0.313 e. The quantitative estimate of drug-likeness (QED) is 0.0206. The molecule has 9 rings (SSSR count). The summed E-state index contributed by atoms with van der Waals surface area (Å²) in [5, 5.41) is 15.9. The molecule has 6 amide bonds. The summed E-state index contributed by atoms with van der Waals surface area (Å²) < 4.78 is 17.1. The van der Waals surface area contributed by atoms with Crippen LogP contribution in [0, 0.1) is 17.8 Å². The molecule has 27 nitrogen and oxygen atoms in total. The van der Waals surface area contributed by atoms with Crippen molar-refractivity contribution in [1.82, 2.24) is 45.6 Å². The van der Waals surface area contributed by atoms with E-state index in [4.69, 9.17) is 31.4 Å². The molecule has 3 aliphatic rings. The number of nitrogens with two attached hydrogens (primary N) is 3. The van der Waals surface area contributed by atoms with E-state index in [1.165, 1.54) is 52.3 Å². The van der Waals surface area contributed by atoms with Crippen molar-refractivity contribution < 1.29 is 43.0 Å². The molecule has 0 saturated carbocycles. The largest absolute Gasteiger partial charge is 0.383 e. The van der Waals surface area contributed by atoms with E-state index in [1.807, 2.05) is 41.5 Å². The maximum Gasteiger partial charge on any atom is 0.313 e. The minimum absolute atomic E-state index is 0.0425. The van der Waals surface area contributed by atoms with Crippen molar-refractivity contribution in [2.24, 2.45) is 17.8 Å². The number of nitrogen functional groups attached to an aromatic ring is 3. The normalized spacial score (nSPS) is 15.8. The standard InChI is InChI=1S/3C27H40N6O3/c3*1-5-21-16-22(18-29-25(21)28)31-27(35)26(34)30-17-19(2)24(36-4)11-8-20-6-9-23(10-7-20)33-14-12-32(3)13-15-33/h3*6-7,9-10,16,18-19,24H,5,8,11-15,17H2,1-4H3,(H2,28,29)(H,30,34)(H,31,35)/t2*19-,24+;19-,24-/m100/s1. The highest BCUT2D eigenvalue weighted by molar-refractivity contribution is 6.40. The Morgan fingerprint density at radius 3 is 0.824 bits per heavy atom. The fourth-order valence-corrected chi connectivity index (χ4v) is 13.2. The second-order valence-corrected chi connectivity index (χ2v) is 28.6. The minimum Gasteiger partial charge on any atom is -0.383 e. The fourth-order valence-electron chi connectivity index (χ4n) is 13.2. The lowest BCUT2D eigenvalue weighted by atomic mass is 9.97. The van der Waals surface area contributed by atoms with Crippen LogP contribution in [0.2, 0.25) is 0 Å². The van der Waals surface area contributed by atoms with E-state index in [1.54, 1.807) is 39.5 Å². The van der Waals surface area contributed by atoms with E-state index in [9.17, 15) is 28.8 Å². The van der Waals surface area contributed by atoms with Crippen molar-refractivity contribution in [2.45, 2.75) is 118 Å². The average molecular weight is 1490 g/mol. The second-order valence-electron chi connectivity index (χ2n) is 28.6. The number of ether oxygens (including phenoxy) is 3. The van der Waals surface area contributed by atoms with Gasteiger partial charge in [-0.1, -0.05) is 77.9 Å². The van der Waals surface area contributed by atoms with E-state index >= 15 is 0 Å². The summed E-state index contributed by atoms with van der Waals surface area (Å²) in [6.45, 7) is 25.8. The Balaban J connectivity index is 0.000000226. The van der Waals surface area contributed by atoms with Crippen LogP contribution in [0.15, 0.2) is 110 Å². The first kappa shape index (κ1) is 85.7. The number of rotatable bonds is 30. The lowest BCUT2D eigenvalue weighted by Crippen LogP contribution is -2.44. The first-order chi connectivity index (χ1) is 51.9. The Labute approximate surface area is 639 Å². The number of carbonyl (C=O) groups is 6. The third-order valence-electron chi connectivity index (χ3n) is 20.7. The molecule has 3 fully saturated rings. The molecule has 588 valence electrons. The number of anilines is 9. The number of aryl methyl sites for hydroxylation is 6. The number of hydrogen-bond donors (Lipinski definition) is 9. The van der Waals surface area contributed by atoms with E-state index < -0.39 is 35.4 Å². The van der Waals surface area contributed by atoms with E-state index in [-0.39, 0.29) is 36.1 Å². The van der Waals surface area contributed by atoms with Gasteiger partial charge in [-0.25, -0.2) is 15.0 Å². The van der Waals surface area contributed by atoms with E-state index in [0.717, 1.165) is 134 Å². The summed E-state index contributed by atoms with van der Waals surface area (Å²) in [5.41, 5.74) is 28.8.